The van der Waals surface area contributed by atoms with Crippen LogP contribution in [0.2, 0.25) is 0 Å². The lowest BCUT2D eigenvalue weighted by Gasteiger charge is -2.10. The first-order valence-corrected chi connectivity index (χ1v) is 5.35. The Morgan fingerprint density at radius 3 is 3.00 bits per heavy atom. The first-order valence-electron chi connectivity index (χ1n) is 5.35. The van der Waals surface area contributed by atoms with Gasteiger partial charge in [-0.05, 0) is 18.2 Å². The quantitative estimate of drug-likeness (QED) is 0.365. The van der Waals surface area contributed by atoms with Crippen LogP contribution in [-0.4, -0.2) is 27.7 Å². The normalized spacial score (nSPS) is 11.5. The van der Waals surface area contributed by atoms with Gasteiger partial charge < -0.3 is 20.2 Å². The third-order valence-electron chi connectivity index (χ3n) is 2.60. The molecule has 0 atom stereocenters. The molecular formula is C12H14N4O2. The molecule has 2 rings (SSSR count). The SMILES string of the molecule is COc1ccc(/C(N)=N/O)cc1Cn1ccnc1. The molecule has 3 N–H and O–H groups in total. The maximum absolute atomic E-state index is 8.68. The van der Waals surface area contributed by atoms with Crippen molar-refractivity contribution in [3.05, 3.63) is 48.0 Å². The van der Waals surface area contributed by atoms with Gasteiger partial charge in [0.2, 0.25) is 0 Å². The van der Waals surface area contributed by atoms with Crippen molar-refractivity contribution in [3.8, 4) is 5.75 Å². The second-order valence-electron chi connectivity index (χ2n) is 3.75. The van der Waals surface area contributed by atoms with Gasteiger partial charge in [0, 0.05) is 23.5 Å². The monoisotopic (exact) mass is 246 g/mol. The van der Waals surface area contributed by atoms with E-state index in [9.17, 15) is 0 Å². The van der Waals surface area contributed by atoms with E-state index >= 15 is 0 Å². The van der Waals surface area contributed by atoms with Crippen molar-refractivity contribution in [1.29, 1.82) is 0 Å². The molecule has 0 aliphatic rings. The van der Waals surface area contributed by atoms with Crippen molar-refractivity contribution in [3.63, 3.8) is 0 Å². The average Bonchev–Trinajstić information content (AvgIpc) is 2.90. The number of amidine groups is 1. The Bertz CT molecular complexity index is 549. The fraction of sp³-hybridized carbons (Fsp3) is 0.167. The highest BCUT2D eigenvalue weighted by atomic mass is 16.5. The van der Waals surface area contributed by atoms with Crippen molar-refractivity contribution in [2.24, 2.45) is 10.9 Å². The van der Waals surface area contributed by atoms with E-state index in [1.165, 1.54) is 0 Å². The zero-order valence-electron chi connectivity index (χ0n) is 9.95. The predicted molar refractivity (Wildman–Crippen MR) is 66.8 cm³/mol. The minimum Gasteiger partial charge on any atom is -0.496 e. The van der Waals surface area contributed by atoms with Crippen molar-refractivity contribution < 1.29 is 9.94 Å². The van der Waals surface area contributed by atoms with E-state index in [0.29, 0.717) is 12.1 Å². The maximum atomic E-state index is 8.68. The summed E-state index contributed by atoms with van der Waals surface area (Å²) >= 11 is 0. The van der Waals surface area contributed by atoms with Gasteiger partial charge in [-0.15, -0.1) is 0 Å². The van der Waals surface area contributed by atoms with Gasteiger partial charge in [-0.3, -0.25) is 0 Å². The van der Waals surface area contributed by atoms with Crippen LogP contribution in [0, 0.1) is 0 Å². The molecule has 0 fully saturated rings. The van der Waals surface area contributed by atoms with Crippen molar-refractivity contribution in [1.82, 2.24) is 9.55 Å². The highest BCUT2D eigenvalue weighted by molar-refractivity contribution is 5.97. The van der Waals surface area contributed by atoms with E-state index < -0.39 is 0 Å². The van der Waals surface area contributed by atoms with Crippen LogP contribution in [0.15, 0.2) is 42.1 Å². The first kappa shape index (κ1) is 12.0. The van der Waals surface area contributed by atoms with Crippen LogP contribution in [0.25, 0.3) is 0 Å². The molecule has 0 unspecified atom stereocenters. The zero-order chi connectivity index (χ0) is 13.0. The van der Waals surface area contributed by atoms with E-state index in [0.717, 1.165) is 11.3 Å². The predicted octanol–water partition coefficient (Wildman–Crippen LogP) is 1.03. The maximum Gasteiger partial charge on any atom is 0.170 e. The van der Waals surface area contributed by atoms with Gasteiger partial charge in [-0.1, -0.05) is 5.16 Å². The molecule has 1 aromatic carbocycles. The van der Waals surface area contributed by atoms with E-state index in [1.54, 1.807) is 31.8 Å². The molecule has 0 aliphatic carbocycles. The minimum absolute atomic E-state index is 0.0736. The van der Waals surface area contributed by atoms with E-state index in [2.05, 4.69) is 10.1 Å². The van der Waals surface area contributed by atoms with Crippen molar-refractivity contribution >= 4 is 5.84 Å². The number of imidazole rings is 1. The number of rotatable bonds is 4. The summed E-state index contributed by atoms with van der Waals surface area (Å²) in [4.78, 5) is 3.98. The topological polar surface area (TPSA) is 85.7 Å². The molecule has 0 amide bonds. The third kappa shape index (κ3) is 2.42. The van der Waals surface area contributed by atoms with Gasteiger partial charge in [0.05, 0.1) is 20.0 Å². The fourth-order valence-corrected chi connectivity index (χ4v) is 1.70. The Labute approximate surface area is 104 Å². The number of aromatic nitrogens is 2. The largest absolute Gasteiger partial charge is 0.496 e. The number of nitrogens with zero attached hydrogens (tertiary/aromatic N) is 3. The van der Waals surface area contributed by atoms with E-state index in [4.69, 9.17) is 15.7 Å². The molecule has 0 saturated carbocycles. The van der Waals surface area contributed by atoms with Gasteiger partial charge in [0.1, 0.15) is 5.75 Å². The molecular weight excluding hydrogens is 232 g/mol. The van der Waals surface area contributed by atoms with E-state index in [1.807, 2.05) is 16.8 Å². The molecule has 1 heterocycles. The number of ether oxygens (including phenoxy) is 1. The Balaban J connectivity index is 2.36. The molecule has 0 saturated heterocycles. The average molecular weight is 246 g/mol. The number of hydrogen-bond donors (Lipinski definition) is 2. The number of oxime groups is 1. The summed E-state index contributed by atoms with van der Waals surface area (Å²) in [5.74, 6) is 0.822. The molecule has 94 valence electrons. The van der Waals surface area contributed by atoms with Gasteiger partial charge >= 0.3 is 0 Å². The van der Waals surface area contributed by atoms with Crippen LogP contribution in [0.5, 0.6) is 5.75 Å². The second kappa shape index (κ2) is 5.22. The molecule has 2 aromatic rings. The highest BCUT2D eigenvalue weighted by Gasteiger charge is 2.07. The molecule has 6 nitrogen and oxygen atoms in total. The zero-order valence-corrected chi connectivity index (χ0v) is 9.95. The summed E-state index contributed by atoms with van der Waals surface area (Å²) in [7, 11) is 1.61. The van der Waals surface area contributed by atoms with Crippen LogP contribution >= 0.6 is 0 Å². The van der Waals surface area contributed by atoms with E-state index in [-0.39, 0.29) is 5.84 Å². The lowest BCUT2D eigenvalue weighted by atomic mass is 10.1. The van der Waals surface area contributed by atoms with Crippen molar-refractivity contribution in [2.45, 2.75) is 6.54 Å². The fourth-order valence-electron chi connectivity index (χ4n) is 1.70. The molecule has 6 heteroatoms. The number of hydrogen-bond acceptors (Lipinski definition) is 4. The molecule has 0 bridgehead atoms. The second-order valence-corrected chi connectivity index (χ2v) is 3.75. The Kier molecular flexibility index (Phi) is 3.47. The Morgan fingerprint density at radius 1 is 1.56 bits per heavy atom. The van der Waals surface area contributed by atoms with Gasteiger partial charge in [-0.2, -0.15) is 0 Å². The summed E-state index contributed by atoms with van der Waals surface area (Å²) in [5.41, 5.74) is 7.14. The van der Waals surface area contributed by atoms with Crippen LogP contribution < -0.4 is 10.5 Å². The summed E-state index contributed by atoms with van der Waals surface area (Å²) in [6, 6.07) is 5.36. The lowest BCUT2D eigenvalue weighted by molar-refractivity contribution is 0.318. The van der Waals surface area contributed by atoms with Gasteiger partial charge in [0.25, 0.3) is 0 Å². The van der Waals surface area contributed by atoms with Crippen molar-refractivity contribution in [2.75, 3.05) is 7.11 Å². The first-order chi connectivity index (χ1) is 8.74. The summed E-state index contributed by atoms with van der Waals surface area (Å²) in [6.45, 7) is 0.607. The summed E-state index contributed by atoms with van der Waals surface area (Å²) in [5, 5.41) is 11.7. The molecule has 0 spiro atoms. The van der Waals surface area contributed by atoms with Crippen LogP contribution in [0.1, 0.15) is 11.1 Å². The molecule has 0 radical (unpaired) electrons. The molecule has 1 aromatic heterocycles. The standard InChI is InChI=1S/C12H14N4O2/c1-18-11-3-2-9(12(13)15-17)6-10(11)7-16-5-4-14-8-16/h2-6,8,17H,7H2,1H3,(H2,13,15). The van der Waals surface area contributed by atoms with Crippen LogP contribution in [-0.2, 0) is 6.54 Å². The van der Waals surface area contributed by atoms with Gasteiger partial charge in [-0.25, -0.2) is 4.98 Å². The lowest BCUT2D eigenvalue weighted by Crippen LogP contribution is -2.14. The molecule has 0 aliphatic heterocycles. The Morgan fingerprint density at radius 2 is 2.39 bits per heavy atom. The molecule has 18 heavy (non-hydrogen) atoms. The smallest absolute Gasteiger partial charge is 0.170 e. The number of nitrogens with two attached hydrogens (primary N) is 1. The van der Waals surface area contributed by atoms with Gasteiger partial charge in [0.15, 0.2) is 5.84 Å². The number of benzene rings is 1. The third-order valence-corrected chi connectivity index (χ3v) is 2.60. The highest BCUT2D eigenvalue weighted by Crippen LogP contribution is 2.20. The summed E-state index contributed by atoms with van der Waals surface area (Å²) < 4.78 is 7.20. The number of methoxy groups -OCH3 is 1. The Hall–Kier alpha value is -2.50. The summed E-state index contributed by atoms with van der Waals surface area (Å²) in [6.07, 6.45) is 5.28. The minimum atomic E-state index is 0.0736. The van der Waals surface area contributed by atoms with Crippen LogP contribution in [0.3, 0.4) is 0 Å². The van der Waals surface area contributed by atoms with Crippen LogP contribution in [0.4, 0.5) is 0 Å².